The Bertz CT molecular complexity index is 3930. The lowest BCUT2D eigenvalue weighted by atomic mass is 9.61. The molecule has 0 spiro atoms. The first-order valence-corrected chi connectivity index (χ1v) is 36.0. The second-order valence-electron chi connectivity index (χ2n) is 36.2. The third kappa shape index (κ3) is 17.1. The topological polar surface area (TPSA) is 3.24 Å². The standard InChI is InChI=1S/C44H56ClN.C35H46.C10H12BrCl/c1-40(2,3)29-17-20-33(21-18-29)46(34-26-31(42(7,8)9)25-32(45)28-34)38-22-19-30(41(4,5)6)27-36(38)35-15-14-16-37-39(35)44(12,13)24-23-43(37,10)11;1-32(2,3)26-17-14-24(15-18-26)22-25-16-19-27(33(4,5)6)23-29(25)28-12-11-13-30-31(28)35(9,10)21-20-34(30,7)8;1-10(2,3)7-4-8(11)6-9(12)5-7/h14-22,25-28H,23-24H2,1-13H3;11-19,23H,20-22H2,1-10H3;4-6H,1-3H3. The molecule has 0 N–H and O–H groups in total. The molecule has 0 heterocycles. The maximum Gasteiger partial charge on any atom is 0.0540 e. The van der Waals surface area contributed by atoms with E-state index in [1.807, 2.05) is 12.1 Å². The fourth-order valence-electron chi connectivity index (χ4n) is 13.8. The number of fused-ring (bicyclic) bond motifs is 2. The first-order valence-electron chi connectivity index (χ1n) is 34.4. The second kappa shape index (κ2) is 26.6. The number of nitrogens with zero attached hydrogens (tertiary/aromatic N) is 1. The summed E-state index contributed by atoms with van der Waals surface area (Å²) >= 11 is 16.3. The van der Waals surface area contributed by atoms with Gasteiger partial charge in [0.1, 0.15) is 0 Å². The molecule has 93 heavy (non-hydrogen) atoms. The first-order chi connectivity index (χ1) is 42.6. The third-order valence-corrected chi connectivity index (χ3v) is 21.2. The van der Waals surface area contributed by atoms with Gasteiger partial charge in [0.05, 0.1) is 5.69 Å². The summed E-state index contributed by atoms with van der Waals surface area (Å²) in [7, 11) is 0. The number of benzene rings is 8. The van der Waals surface area contributed by atoms with Crippen molar-refractivity contribution >= 4 is 56.2 Å². The number of anilines is 3. The number of hydrogen-bond acceptors (Lipinski definition) is 1. The van der Waals surface area contributed by atoms with Crippen LogP contribution in [0.2, 0.25) is 10.0 Å². The van der Waals surface area contributed by atoms with Crippen molar-refractivity contribution in [2.45, 2.75) is 266 Å². The van der Waals surface area contributed by atoms with E-state index in [1.54, 1.807) is 5.56 Å². The molecule has 0 radical (unpaired) electrons. The molecule has 0 unspecified atom stereocenters. The molecule has 1 nitrogen and oxygen atoms in total. The lowest BCUT2D eigenvalue weighted by Crippen LogP contribution is -2.34. The fraction of sp³-hybridized carbons (Fsp3) is 0.461. The highest BCUT2D eigenvalue weighted by Crippen LogP contribution is 2.54. The highest BCUT2D eigenvalue weighted by Gasteiger charge is 2.41. The molecule has 0 amide bonds. The molecule has 0 saturated heterocycles. The van der Waals surface area contributed by atoms with E-state index in [-0.39, 0.29) is 54.1 Å². The van der Waals surface area contributed by atoms with Crippen molar-refractivity contribution in [3.05, 3.63) is 239 Å². The average Bonchev–Trinajstić information content (AvgIpc) is 0.740. The van der Waals surface area contributed by atoms with Crippen LogP contribution < -0.4 is 4.90 Å². The van der Waals surface area contributed by atoms with Gasteiger partial charge in [-0.25, -0.2) is 0 Å². The van der Waals surface area contributed by atoms with Crippen molar-refractivity contribution in [2.24, 2.45) is 0 Å². The van der Waals surface area contributed by atoms with E-state index in [4.69, 9.17) is 23.2 Å². The van der Waals surface area contributed by atoms with Crippen molar-refractivity contribution in [3.63, 3.8) is 0 Å². The van der Waals surface area contributed by atoms with E-state index in [2.05, 4.69) is 346 Å². The molecule has 0 saturated carbocycles. The number of hydrogen-bond donors (Lipinski definition) is 0. The van der Waals surface area contributed by atoms with Gasteiger partial charge in [-0.15, -0.1) is 0 Å². The van der Waals surface area contributed by atoms with Crippen molar-refractivity contribution in [1.29, 1.82) is 0 Å². The van der Waals surface area contributed by atoms with Crippen LogP contribution in [-0.4, -0.2) is 0 Å². The molecule has 0 aromatic heterocycles. The third-order valence-electron chi connectivity index (χ3n) is 20.3. The molecule has 8 aromatic rings. The molecule has 0 fully saturated rings. The van der Waals surface area contributed by atoms with Gasteiger partial charge in [0.2, 0.25) is 0 Å². The van der Waals surface area contributed by atoms with Gasteiger partial charge in [0.15, 0.2) is 0 Å². The van der Waals surface area contributed by atoms with Gasteiger partial charge < -0.3 is 4.90 Å². The van der Waals surface area contributed by atoms with Gasteiger partial charge in [-0.3, -0.25) is 0 Å². The summed E-state index contributed by atoms with van der Waals surface area (Å²) in [6, 6.07) is 59.5. The minimum atomic E-state index is -0.0472. The number of rotatable bonds is 7. The molecule has 0 atom stereocenters. The van der Waals surface area contributed by atoms with Crippen LogP contribution in [0.1, 0.15) is 272 Å². The van der Waals surface area contributed by atoms with Gasteiger partial charge in [-0.05, 0) is 230 Å². The van der Waals surface area contributed by atoms with Crippen molar-refractivity contribution in [1.82, 2.24) is 0 Å². The Hall–Kier alpha value is -5.38. The summed E-state index contributed by atoms with van der Waals surface area (Å²) in [6.07, 6.45) is 5.78. The summed E-state index contributed by atoms with van der Waals surface area (Å²) in [4.78, 5) is 2.44. The molecular formula is C89H114BrCl2N. The maximum atomic E-state index is 6.94. The van der Waals surface area contributed by atoms with Gasteiger partial charge in [-0.2, -0.15) is 0 Å². The average molecular weight is 1350 g/mol. The minimum absolute atomic E-state index is 0.00551. The van der Waals surface area contributed by atoms with E-state index in [1.165, 1.54) is 115 Å². The molecule has 2 aliphatic carbocycles. The van der Waals surface area contributed by atoms with E-state index >= 15 is 0 Å². The zero-order chi connectivity index (χ0) is 69.2. The monoisotopic (exact) mass is 1350 g/mol. The largest absolute Gasteiger partial charge is 0.310 e. The van der Waals surface area contributed by atoms with Crippen LogP contribution in [0.3, 0.4) is 0 Å². The number of halogens is 3. The summed E-state index contributed by atoms with van der Waals surface area (Å²) < 4.78 is 1.04. The molecule has 0 bridgehead atoms. The molecule has 496 valence electrons. The fourth-order valence-corrected chi connectivity index (χ4v) is 14.9. The van der Waals surface area contributed by atoms with Crippen LogP contribution in [0.25, 0.3) is 22.3 Å². The maximum absolute atomic E-state index is 6.94. The van der Waals surface area contributed by atoms with Gasteiger partial charge in [-0.1, -0.05) is 316 Å². The predicted octanol–water partition coefficient (Wildman–Crippen LogP) is 28.0. The molecule has 4 heteroatoms. The predicted molar refractivity (Wildman–Crippen MR) is 415 cm³/mol. The summed E-state index contributed by atoms with van der Waals surface area (Å²) in [6.45, 7) is 60.3. The molecule has 10 rings (SSSR count). The van der Waals surface area contributed by atoms with E-state index in [9.17, 15) is 0 Å². The van der Waals surface area contributed by atoms with Crippen molar-refractivity contribution in [3.8, 4) is 22.3 Å². The van der Waals surface area contributed by atoms with Crippen LogP contribution in [0, 0.1) is 0 Å². The van der Waals surface area contributed by atoms with Crippen LogP contribution in [0.5, 0.6) is 0 Å². The Morgan fingerprint density at radius 1 is 0.344 bits per heavy atom. The summed E-state index contributed by atoms with van der Waals surface area (Å²) in [5.74, 6) is 0. The smallest absolute Gasteiger partial charge is 0.0540 e. The van der Waals surface area contributed by atoms with E-state index < -0.39 is 0 Å². The summed E-state index contributed by atoms with van der Waals surface area (Å²) in [5, 5.41) is 1.54. The molecule has 0 aliphatic heterocycles. The SMILES string of the molecule is CC(C)(C)c1cc(Cl)cc(Br)c1.CC(C)(C)c1ccc(Cc2ccc(C(C)(C)C)cc2-c2cccc3c2C(C)(C)CCC3(C)C)cc1.CC(C)(C)c1ccc(N(c2cc(Cl)cc(C(C)(C)C)c2)c2ccc(C(C)(C)C)cc2-c2cccc3c2C(C)(C)CCC3(C)C)cc1. The zero-order valence-corrected chi connectivity index (χ0v) is 65.2. The molecular weight excluding hydrogens is 1230 g/mol. The van der Waals surface area contributed by atoms with Crippen LogP contribution in [0.15, 0.2) is 162 Å². The van der Waals surface area contributed by atoms with Gasteiger partial charge in [0.25, 0.3) is 0 Å². The zero-order valence-electron chi connectivity index (χ0n) is 62.1. The minimum Gasteiger partial charge on any atom is -0.310 e. The Morgan fingerprint density at radius 3 is 1.16 bits per heavy atom. The normalized spacial score (nSPS) is 16.0. The highest BCUT2D eigenvalue weighted by atomic mass is 79.9. The van der Waals surface area contributed by atoms with Crippen LogP contribution in [0.4, 0.5) is 17.1 Å². The van der Waals surface area contributed by atoms with E-state index in [0.29, 0.717) is 0 Å². The second-order valence-corrected chi connectivity index (χ2v) is 38.0. The van der Waals surface area contributed by atoms with Gasteiger partial charge >= 0.3 is 0 Å². The van der Waals surface area contributed by atoms with Crippen molar-refractivity contribution in [2.75, 3.05) is 4.90 Å². The van der Waals surface area contributed by atoms with E-state index in [0.717, 1.165) is 32.3 Å². The Morgan fingerprint density at radius 2 is 0.720 bits per heavy atom. The highest BCUT2D eigenvalue weighted by molar-refractivity contribution is 9.10. The first kappa shape index (κ1) is 73.4. The van der Waals surface area contributed by atoms with Crippen LogP contribution >= 0.6 is 39.1 Å². The van der Waals surface area contributed by atoms with Gasteiger partial charge in [0, 0.05) is 31.5 Å². The van der Waals surface area contributed by atoms with Crippen LogP contribution in [-0.2, 0) is 60.6 Å². The quantitative estimate of drug-likeness (QED) is 0.154. The summed E-state index contributed by atoms with van der Waals surface area (Å²) in [5.41, 5.74) is 26.7. The Kier molecular flexibility index (Phi) is 21.0. The Labute approximate surface area is 584 Å². The van der Waals surface area contributed by atoms with Crippen molar-refractivity contribution < 1.29 is 0 Å². The molecule has 2 aliphatic rings. The molecule has 8 aromatic carbocycles. The lowest BCUT2D eigenvalue weighted by molar-refractivity contribution is 0.333. The lowest BCUT2D eigenvalue weighted by Gasteiger charge is -2.43. The Balaban J connectivity index is 0.000000207.